The summed E-state index contributed by atoms with van der Waals surface area (Å²) < 4.78 is 4.82. The summed E-state index contributed by atoms with van der Waals surface area (Å²) in [7, 11) is -1.56. The summed E-state index contributed by atoms with van der Waals surface area (Å²) in [5, 5.41) is 8.70. The maximum Gasteiger partial charge on any atom is 0.127 e. The van der Waals surface area contributed by atoms with Crippen LogP contribution < -0.4 is 15.9 Å². The Labute approximate surface area is 175 Å². The van der Waals surface area contributed by atoms with Crippen molar-refractivity contribution in [1.82, 2.24) is 14.0 Å². The van der Waals surface area contributed by atoms with Gasteiger partial charge in [0.15, 0.2) is 0 Å². The first kappa shape index (κ1) is 20.0. The largest absolute Gasteiger partial charge is 0.232 e. The van der Waals surface area contributed by atoms with E-state index in [4.69, 9.17) is 0 Å². The Morgan fingerprint density at radius 1 is 0.690 bits per heavy atom. The Kier molecular flexibility index (Phi) is 6.52. The number of hydrogen-bond acceptors (Lipinski definition) is 2. The zero-order chi connectivity index (χ0) is 20.1. The summed E-state index contributed by atoms with van der Waals surface area (Å²) in [5.41, 5.74) is 0. The number of aromatic nitrogens is 2. The van der Waals surface area contributed by atoms with Gasteiger partial charge >= 0.3 is 0 Å². The van der Waals surface area contributed by atoms with Gasteiger partial charge in [-0.3, -0.25) is 0 Å². The SMILES string of the molecule is CC(C)N(P(c1ccccc1)c1ccccc1)P(c1ccccc1)n1cccn1. The maximum absolute atomic E-state index is 4.68. The molecule has 0 aliphatic heterocycles. The minimum atomic E-state index is -0.836. The standard InChI is InChI=1S/C24H25N3P2/c1-21(2)27(29(26-20-12-19-25-26)24-17-10-5-11-18-24)28(22-13-6-3-7-14-22)23-15-8-4-9-16-23/h3-21H,1-2H3. The summed E-state index contributed by atoms with van der Waals surface area (Å²) in [6.45, 7) is 4.59. The third kappa shape index (κ3) is 4.49. The average Bonchev–Trinajstić information content (AvgIpc) is 3.30. The van der Waals surface area contributed by atoms with Gasteiger partial charge in [0.05, 0.1) is 0 Å². The number of nitrogens with zero attached hydrogens (tertiary/aromatic N) is 3. The lowest BCUT2D eigenvalue weighted by atomic mass is 10.4. The molecule has 0 saturated heterocycles. The van der Waals surface area contributed by atoms with E-state index in [1.54, 1.807) is 0 Å². The first-order chi connectivity index (χ1) is 14.3. The summed E-state index contributed by atoms with van der Waals surface area (Å²) in [6, 6.07) is 34.9. The van der Waals surface area contributed by atoms with Gasteiger partial charge in [0.25, 0.3) is 0 Å². The number of benzene rings is 3. The molecule has 0 saturated carbocycles. The lowest BCUT2D eigenvalue weighted by Crippen LogP contribution is -2.34. The van der Waals surface area contributed by atoms with E-state index >= 15 is 0 Å². The molecule has 1 heterocycles. The van der Waals surface area contributed by atoms with E-state index in [9.17, 15) is 0 Å². The Balaban J connectivity index is 1.91. The van der Waals surface area contributed by atoms with E-state index in [-0.39, 0.29) is 0 Å². The Hall–Kier alpha value is -2.31. The smallest absolute Gasteiger partial charge is 0.127 e. The van der Waals surface area contributed by atoms with E-state index in [0.717, 1.165) is 0 Å². The molecule has 4 aromatic rings. The van der Waals surface area contributed by atoms with Crippen LogP contribution in [0.25, 0.3) is 0 Å². The molecule has 3 nitrogen and oxygen atoms in total. The van der Waals surface area contributed by atoms with Gasteiger partial charge in [-0.2, -0.15) is 5.10 Å². The topological polar surface area (TPSA) is 21.1 Å². The monoisotopic (exact) mass is 417 g/mol. The van der Waals surface area contributed by atoms with Crippen molar-refractivity contribution >= 4 is 32.2 Å². The second-order valence-corrected chi connectivity index (χ2v) is 11.3. The van der Waals surface area contributed by atoms with Crippen molar-refractivity contribution in [2.75, 3.05) is 0 Å². The zero-order valence-corrected chi connectivity index (χ0v) is 18.5. The van der Waals surface area contributed by atoms with E-state index < -0.39 is 16.3 Å². The molecule has 0 amide bonds. The molecule has 0 aliphatic carbocycles. The maximum atomic E-state index is 4.68. The van der Waals surface area contributed by atoms with Crippen LogP contribution in [-0.4, -0.2) is 20.0 Å². The summed E-state index contributed by atoms with van der Waals surface area (Å²) in [4.78, 5) is 0. The van der Waals surface area contributed by atoms with Gasteiger partial charge in [-0.25, -0.2) is 8.89 Å². The van der Waals surface area contributed by atoms with Crippen molar-refractivity contribution in [1.29, 1.82) is 0 Å². The van der Waals surface area contributed by atoms with Crippen molar-refractivity contribution in [2.24, 2.45) is 0 Å². The Morgan fingerprint density at radius 2 is 1.17 bits per heavy atom. The highest BCUT2D eigenvalue weighted by Crippen LogP contribution is 2.56. The molecule has 1 aromatic heterocycles. The van der Waals surface area contributed by atoms with Gasteiger partial charge < -0.3 is 0 Å². The van der Waals surface area contributed by atoms with E-state index in [1.165, 1.54) is 15.9 Å². The van der Waals surface area contributed by atoms with E-state index in [1.807, 2.05) is 12.3 Å². The van der Waals surface area contributed by atoms with Gasteiger partial charge in [-0.15, -0.1) is 0 Å². The van der Waals surface area contributed by atoms with Gasteiger partial charge in [0.2, 0.25) is 0 Å². The van der Waals surface area contributed by atoms with Crippen molar-refractivity contribution in [2.45, 2.75) is 19.9 Å². The van der Waals surface area contributed by atoms with Crippen LogP contribution in [0.1, 0.15) is 13.8 Å². The molecule has 1 atom stereocenters. The summed E-state index contributed by atoms with van der Waals surface area (Å²) >= 11 is 0. The van der Waals surface area contributed by atoms with Gasteiger partial charge in [0.1, 0.15) is 8.22 Å². The molecule has 0 bridgehead atoms. The van der Waals surface area contributed by atoms with Crippen molar-refractivity contribution in [3.63, 3.8) is 0 Å². The highest BCUT2D eigenvalue weighted by atomic mass is 31.2. The molecule has 0 aliphatic rings. The number of hydrogen-bond donors (Lipinski definition) is 0. The van der Waals surface area contributed by atoms with Gasteiger partial charge in [-0.1, -0.05) is 91.0 Å². The molecule has 1 unspecified atom stereocenters. The van der Waals surface area contributed by atoms with E-state index in [2.05, 4.69) is 125 Å². The molecular formula is C24H25N3P2. The van der Waals surface area contributed by atoms with Crippen LogP contribution in [-0.2, 0) is 0 Å². The van der Waals surface area contributed by atoms with Crippen LogP contribution in [0.2, 0.25) is 0 Å². The summed E-state index contributed by atoms with van der Waals surface area (Å²) in [5.74, 6) is 0. The fourth-order valence-electron chi connectivity index (χ4n) is 3.32. The minimum absolute atomic E-state index is 0.344. The lowest BCUT2D eigenvalue weighted by Gasteiger charge is -2.40. The third-order valence-electron chi connectivity index (χ3n) is 4.53. The average molecular weight is 417 g/mol. The second kappa shape index (κ2) is 9.46. The Bertz CT molecular complexity index is 951. The number of rotatable bonds is 7. The van der Waals surface area contributed by atoms with Gasteiger partial charge in [0, 0.05) is 31.8 Å². The fourth-order valence-corrected chi connectivity index (χ4v) is 9.22. The lowest BCUT2D eigenvalue weighted by molar-refractivity contribution is 0.572. The van der Waals surface area contributed by atoms with Gasteiger partial charge in [-0.05, 0) is 30.5 Å². The Morgan fingerprint density at radius 3 is 1.59 bits per heavy atom. The van der Waals surface area contributed by atoms with Crippen LogP contribution in [0.5, 0.6) is 0 Å². The quantitative estimate of drug-likeness (QED) is 0.389. The molecule has 5 heteroatoms. The van der Waals surface area contributed by atoms with E-state index in [0.29, 0.717) is 6.04 Å². The van der Waals surface area contributed by atoms with Crippen LogP contribution in [0.4, 0.5) is 0 Å². The molecule has 0 spiro atoms. The predicted octanol–water partition coefficient (Wildman–Crippen LogP) is 5.13. The fraction of sp³-hybridized carbons (Fsp3) is 0.125. The molecule has 0 fully saturated rings. The van der Waals surface area contributed by atoms with Crippen molar-refractivity contribution in [3.8, 4) is 0 Å². The third-order valence-corrected chi connectivity index (χ3v) is 10.3. The van der Waals surface area contributed by atoms with Crippen LogP contribution >= 0.6 is 16.3 Å². The normalized spacial score (nSPS) is 12.6. The predicted molar refractivity (Wildman–Crippen MR) is 127 cm³/mol. The second-order valence-electron chi connectivity index (χ2n) is 6.95. The first-order valence-electron chi connectivity index (χ1n) is 9.80. The summed E-state index contributed by atoms with van der Waals surface area (Å²) in [6.07, 6.45) is 3.97. The van der Waals surface area contributed by atoms with Crippen LogP contribution in [0, 0.1) is 0 Å². The molecule has 0 radical (unpaired) electrons. The van der Waals surface area contributed by atoms with Crippen molar-refractivity contribution < 1.29 is 0 Å². The molecule has 146 valence electrons. The first-order valence-corrected chi connectivity index (χ1v) is 12.3. The van der Waals surface area contributed by atoms with Crippen molar-refractivity contribution in [3.05, 3.63) is 109 Å². The molecule has 0 N–H and O–H groups in total. The highest BCUT2D eigenvalue weighted by Gasteiger charge is 2.34. The molecule has 29 heavy (non-hydrogen) atoms. The zero-order valence-electron chi connectivity index (χ0n) is 16.7. The molecular weight excluding hydrogens is 392 g/mol. The van der Waals surface area contributed by atoms with Crippen LogP contribution in [0.15, 0.2) is 109 Å². The highest BCUT2D eigenvalue weighted by molar-refractivity contribution is 7.81. The molecule has 4 rings (SSSR count). The molecule has 3 aromatic carbocycles. The van der Waals surface area contributed by atoms with Crippen LogP contribution in [0.3, 0.4) is 0 Å². The minimum Gasteiger partial charge on any atom is -0.232 e.